The molecule has 0 aromatic heterocycles. The number of nitrogens with one attached hydrogen (secondary N) is 1. The smallest absolute Gasteiger partial charge is 0.233 e. The molecule has 0 spiro atoms. The summed E-state index contributed by atoms with van der Waals surface area (Å²) < 4.78 is 5.53. The molecule has 0 radical (unpaired) electrons. The fourth-order valence-corrected chi connectivity index (χ4v) is 3.45. The summed E-state index contributed by atoms with van der Waals surface area (Å²) in [6, 6.07) is 10.3. The predicted molar refractivity (Wildman–Crippen MR) is 82.2 cm³/mol. The zero-order valence-electron chi connectivity index (χ0n) is 12.5. The van der Waals surface area contributed by atoms with Gasteiger partial charge >= 0.3 is 0 Å². The largest absolute Gasteiger partial charge is 0.381 e. The molecule has 4 nitrogen and oxygen atoms in total. The van der Waals surface area contributed by atoms with E-state index >= 15 is 0 Å². The molecule has 1 aromatic rings. The van der Waals surface area contributed by atoms with Crippen molar-refractivity contribution in [1.82, 2.24) is 10.2 Å². The lowest BCUT2D eigenvalue weighted by atomic mass is 9.73. The number of rotatable bonds is 2. The van der Waals surface area contributed by atoms with Gasteiger partial charge in [0.1, 0.15) is 0 Å². The Hall–Kier alpha value is -1.39. The maximum absolute atomic E-state index is 13.3. The summed E-state index contributed by atoms with van der Waals surface area (Å²) in [5.41, 5.74) is 0.764. The molecule has 3 rings (SSSR count). The molecule has 2 saturated heterocycles. The topological polar surface area (TPSA) is 41.6 Å². The first kappa shape index (κ1) is 14.5. The van der Waals surface area contributed by atoms with Gasteiger partial charge in [-0.3, -0.25) is 4.79 Å². The molecule has 0 atom stereocenters. The summed E-state index contributed by atoms with van der Waals surface area (Å²) in [5.74, 6) is 0.292. The Morgan fingerprint density at radius 2 is 1.86 bits per heavy atom. The molecular formula is C17H24N2O2. The van der Waals surface area contributed by atoms with Crippen LogP contribution in [0.4, 0.5) is 0 Å². The Labute approximate surface area is 126 Å². The predicted octanol–water partition coefficient (Wildman–Crippen LogP) is 1.56. The van der Waals surface area contributed by atoms with Gasteiger partial charge in [0.15, 0.2) is 0 Å². The second kappa shape index (κ2) is 6.58. The van der Waals surface area contributed by atoms with E-state index in [-0.39, 0.29) is 5.41 Å². The molecule has 1 N–H and O–H groups in total. The van der Waals surface area contributed by atoms with Crippen LogP contribution in [-0.2, 0) is 14.9 Å². The molecule has 114 valence electrons. The van der Waals surface area contributed by atoms with Gasteiger partial charge in [0.25, 0.3) is 0 Å². The van der Waals surface area contributed by atoms with Gasteiger partial charge in [-0.15, -0.1) is 0 Å². The van der Waals surface area contributed by atoms with Gasteiger partial charge < -0.3 is 15.0 Å². The first-order chi connectivity index (χ1) is 10.3. The fourth-order valence-electron chi connectivity index (χ4n) is 3.45. The number of carbonyl (C=O) groups excluding carboxylic acids is 1. The highest BCUT2D eigenvalue weighted by atomic mass is 16.5. The third-order valence-corrected chi connectivity index (χ3v) is 4.71. The lowest BCUT2D eigenvalue weighted by Gasteiger charge is -2.40. The van der Waals surface area contributed by atoms with Crippen molar-refractivity contribution >= 4 is 5.91 Å². The highest BCUT2D eigenvalue weighted by molar-refractivity contribution is 5.88. The van der Waals surface area contributed by atoms with Crippen LogP contribution in [0, 0.1) is 0 Å². The van der Waals surface area contributed by atoms with Gasteiger partial charge in [-0.1, -0.05) is 30.3 Å². The van der Waals surface area contributed by atoms with Crippen molar-refractivity contribution in [3.8, 4) is 0 Å². The minimum Gasteiger partial charge on any atom is -0.381 e. The molecule has 4 heteroatoms. The highest BCUT2D eigenvalue weighted by Gasteiger charge is 2.43. The van der Waals surface area contributed by atoms with E-state index < -0.39 is 0 Å². The third kappa shape index (κ3) is 2.97. The quantitative estimate of drug-likeness (QED) is 0.898. The molecule has 2 aliphatic rings. The van der Waals surface area contributed by atoms with Gasteiger partial charge in [-0.05, 0) is 31.4 Å². The molecule has 1 amide bonds. The number of carbonyl (C=O) groups is 1. The third-order valence-electron chi connectivity index (χ3n) is 4.71. The summed E-state index contributed by atoms with van der Waals surface area (Å²) in [5, 5.41) is 3.37. The van der Waals surface area contributed by atoms with Gasteiger partial charge in [-0.25, -0.2) is 0 Å². The Balaban J connectivity index is 1.89. The summed E-state index contributed by atoms with van der Waals surface area (Å²) in [6.07, 6.45) is 2.62. The van der Waals surface area contributed by atoms with E-state index in [1.807, 2.05) is 18.2 Å². The van der Waals surface area contributed by atoms with Crippen molar-refractivity contribution in [2.24, 2.45) is 0 Å². The van der Waals surface area contributed by atoms with E-state index in [9.17, 15) is 4.79 Å². The average Bonchev–Trinajstić information content (AvgIpc) is 2.85. The number of hydrogen-bond donors (Lipinski definition) is 1. The Morgan fingerprint density at radius 1 is 1.10 bits per heavy atom. The van der Waals surface area contributed by atoms with Gasteiger partial charge in [-0.2, -0.15) is 0 Å². The van der Waals surface area contributed by atoms with Crippen molar-refractivity contribution in [3.05, 3.63) is 35.9 Å². The molecule has 2 aliphatic heterocycles. The summed E-state index contributed by atoms with van der Waals surface area (Å²) in [4.78, 5) is 15.3. The van der Waals surface area contributed by atoms with Crippen LogP contribution < -0.4 is 5.32 Å². The van der Waals surface area contributed by atoms with Crippen molar-refractivity contribution in [3.63, 3.8) is 0 Å². The fraction of sp³-hybridized carbons (Fsp3) is 0.588. The molecule has 1 aromatic carbocycles. The maximum atomic E-state index is 13.3. The minimum atomic E-state index is -0.385. The van der Waals surface area contributed by atoms with E-state index in [2.05, 4.69) is 22.3 Å². The molecule has 0 bridgehead atoms. The van der Waals surface area contributed by atoms with Crippen molar-refractivity contribution in [2.45, 2.75) is 24.7 Å². The van der Waals surface area contributed by atoms with Crippen LogP contribution in [0.25, 0.3) is 0 Å². The lowest BCUT2D eigenvalue weighted by molar-refractivity contribution is -0.141. The van der Waals surface area contributed by atoms with E-state index in [1.165, 1.54) is 0 Å². The van der Waals surface area contributed by atoms with E-state index in [1.54, 1.807) is 0 Å². The number of hydrogen-bond acceptors (Lipinski definition) is 3. The molecule has 2 heterocycles. The Kier molecular flexibility index (Phi) is 4.56. The Bertz CT molecular complexity index is 461. The summed E-state index contributed by atoms with van der Waals surface area (Å²) >= 11 is 0. The number of ether oxygens (including phenoxy) is 1. The summed E-state index contributed by atoms with van der Waals surface area (Å²) in [7, 11) is 0. The zero-order valence-corrected chi connectivity index (χ0v) is 12.5. The van der Waals surface area contributed by atoms with Crippen LogP contribution in [0.5, 0.6) is 0 Å². The monoisotopic (exact) mass is 288 g/mol. The number of benzene rings is 1. The zero-order chi connectivity index (χ0) is 14.5. The molecule has 2 fully saturated rings. The van der Waals surface area contributed by atoms with Crippen LogP contribution in [-0.4, -0.2) is 50.2 Å². The van der Waals surface area contributed by atoms with Gasteiger partial charge in [0, 0.05) is 32.8 Å². The second-order valence-corrected chi connectivity index (χ2v) is 5.96. The van der Waals surface area contributed by atoms with Crippen LogP contribution in [0.1, 0.15) is 24.8 Å². The normalized spacial score (nSPS) is 22.6. The van der Waals surface area contributed by atoms with E-state index in [4.69, 9.17) is 4.74 Å². The second-order valence-electron chi connectivity index (χ2n) is 5.96. The maximum Gasteiger partial charge on any atom is 0.233 e. The SMILES string of the molecule is O=C(N1CCCNCC1)C1(c2ccccc2)CCOCC1. The molecule has 0 aliphatic carbocycles. The molecule has 21 heavy (non-hydrogen) atoms. The first-order valence-corrected chi connectivity index (χ1v) is 7.96. The first-order valence-electron chi connectivity index (χ1n) is 7.96. The number of nitrogens with zero attached hydrogens (tertiary/aromatic N) is 1. The molecule has 0 saturated carbocycles. The van der Waals surface area contributed by atoms with Crippen LogP contribution >= 0.6 is 0 Å². The number of amides is 1. The van der Waals surface area contributed by atoms with Crippen molar-refractivity contribution in [1.29, 1.82) is 0 Å². The van der Waals surface area contributed by atoms with Crippen molar-refractivity contribution < 1.29 is 9.53 Å². The lowest BCUT2D eigenvalue weighted by Crippen LogP contribution is -2.50. The standard InChI is InChI=1S/C17H24N2O2/c20-16(19-11-4-9-18-10-12-19)17(7-13-21-14-8-17)15-5-2-1-3-6-15/h1-3,5-6,18H,4,7-14H2. The van der Waals surface area contributed by atoms with E-state index in [0.717, 1.165) is 51.0 Å². The minimum absolute atomic E-state index is 0.292. The molecule has 0 unspecified atom stereocenters. The van der Waals surface area contributed by atoms with Gasteiger partial charge in [0.05, 0.1) is 5.41 Å². The average molecular weight is 288 g/mol. The Morgan fingerprint density at radius 3 is 2.62 bits per heavy atom. The molecular weight excluding hydrogens is 264 g/mol. The van der Waals surface area contributed by atoms with Crippen molar-refractivity contribution in [2.75, 3.05) is 39.4 Å². The van der Waals surface area contributed by atoms with E-state index in [0.29, 0.717) is 19.1 Å². The summed E-state index contributed by atoms with van der Waals surface area (Å²) in [6.45, 7) is 4.92. The van der Waals surface area contributed by atoms with Crippen LogP contribution in [0.2, 0.25) is 0 Å². The van der Waals surface area contributed by atoms with Gasteiger partial charge in [0.2, 0.25) is 5.91 Å². The van der Waals surface area contributed by atoms with Crippen LogP contribution in [0.3, 0.4) is 0 Å². The highest BCUT2D eigenvalue weighted by Crippen LogP contribution is 2.36. The van der Waals surface area contributed by atoms with Crippen LogP contribution in [0.15, 0.2) is 30.3 Å².